The molecule has 0 aromatic carbocycles. The van der Waals surface area contributed by atoms with E-state index in [1.165, 1.54) is 0 Å². The number of nitrogens with one attached hydrogen (secondary N) is 1. The van der Waals surface area contributed by atoms with Gasteiger partial charge < -0.3 is 10.4 Å². The molecule has 0 aliphatic carbocycles. The van der Waals surface area contributed by atoms with E-state index >= 15 is 0 Å². The Labute approximate surface area is 127 Å². The van der Waals surface area contributed by atoms with Crippen LogP contribution in [-0.2, 0) is 12.5 Å². The lowest BCUT2D eigenvalue weighted by atomic mass is 9.92. The quantitative estimate of drug-likeness (QED) is 0.846. The van der Waals surface area contributed by atoms with Crippen molar-refractivity contribution in [1.82, 2.24) is 15.1 Å². The van der Waals surface area contributed by atoms with Crippen molar-refractivity contribution >= 4 is 5.91 Å². The molecule has 0 radical (unpaired) electrons. The van der Waals surface area contributed by atoms with E-state index in [9.17, 15) is 9.90 Å². The summed E-state index contributed by atoms with van der Waals surface area (Å²) in [6.45, 7) is 10.6. The standard InChI is InChI=1S/C16H29N3O2/c1-7-11(8-2)13(20)10-17-15(21)12-9-14(16(3,4)5)18-19(12)6/h9,11,13,20H,7-8,10H2,1-6H3,(H,17,21). The number of nitrogens with zero attached hydrogens (tertiary/aromatic N) is 2. The predicted octanol–water partition coefficient (Wildman–Crippen LogP) is 2.24. The molecular weight excluding hydrogens is 266 g/mol. The molecule has 1 amide bonds. The summed E-state index contributed by atoms with van der Waals surface area (Å²) in [4.78, 5) is 12.2. The van der Waals surface area contributed by atoms with Crippen LogP contribution in [0.4, 0.5) is 0 Å². The molecule has 2 N–H and O–H groups in total. The fourth-order valence-electron chi connectivity index (χ4n) is 2.33. The molecule has 0 saturated heterocycles. The molecule has 0 spiro atoms. The number of aliphatic hydroxyl groups is 1. The number of amides is 1. The molecule has 1 rings (SSSR count). The lowest BCUT2D eigenvalue weighted by Crippen LogP contribution is -2.36. The van der Waals surface area contributed by atoms with E-state index in [1.54, 1.807) is 11.7 Å². The summed E-state index contributed by atoms with van der Waals surface area (Å²) in [5.74, 6) is 0.0347. The second-order valence-corrected chi connectivity index (χ2v) is 6.64. The maximum Gasteiger partial charge on any atom is 0.269 e. The fourth-order valence-corrected chi connectivity index (χ4v) is 2.33. The van der Waals surface area contributed by atoms with Crippen molar-refractivity contribution in [3.05, 3.63) is 17.5 Å². The fraction of sp³-hybridized carbons (Fsp3) is 0.750. The van der Waals surface area contributed by atoms with Crippen LogP contribution in [0.25, 0.3) is 0 Å². The van der Waals surface area contributed by atoms with Crippen LogP contribution in [0.15, 0.2) is 6.07 Å². The second-order valence-electron chi connectivity index (χ2n) is 6.64. The van der Waals surface area contributed by atoms with Crippen LogP contribution in [0, 0.1) is 5.92 Å². The molecule has 1 atom stereocenters. The minimum atomic E-state index is -0.501. The van der Waals surface area contributed by atoms with Gasteiger partial charge in [0.15, 0.2) is 0 Å². The third-order valence-electron chi connectivity index (χ3n) is 3.95. The molecule has 120 valence electrons. The van der Waals surface area contributed by atoms with E-state index in [-0.39, 0.29) is 23.8 Å². The second kappa shape index (κ2) is 7.07. The number of aliphatic hydroxyl groups excluding tert-OH is 1. The first-order chi connectivity index (χ1) is 9.70. The van der Waals surface area contributed by atoms with Gasteiger partial charge in [-0.25, -0.2) is 0 Å². The van der Waals surface area contributed by atoms with Crippen LogP contribution >= 0.6 is 0 Å². The van der Waals surface area contributed by atoms with Crippen molar-refractivity contribution in [2.24, 2.45) is 13.0 Å². The highest BCUT2D eigenvalue weighted by atomic mass is 16.3. The molecule has 0 saturated carbocycles. The van der Waals surface area contributed by atoms with Crippen molar-refractivity contribution in [2.75, 3.05) is 6.54 Å². The van der Waals surface area contributed by atoms with Crippen LogP contribution in [-0.4, -0.2) is 33.4 Å². The van der Waals surface area contributed by atoms with Crippen molar-refractivity contribution in [1.29, 1.82) is 0 Å². The van der Waals surface area contributed by atoms with E-state index in [2.05, 4.69) is 45.0 Å². The van der Waals surface area contributed by atoms with E-state index in [1.807, 2.05) is 6.07 Å². The maximum absolute atomic E-state index is 12.2. The van der Waals surface area contributed by atoms with Crippen LogP contribution in [0.5, 0.6) is 0 Å². The summed E-state index contributed by atoms with van der Waals surface area (Å²) in [6, 6.07) is 1.82. The molecular formula is C16H29N3O2. The minimum Gasteiger partial charge on any atom is -0.391 e. The smallest absolute Gasteiger partial charge is 0.269 e. The summed E-state index contributed by atoms with van der Waals surface area (Å²) in [5.41, 5.74) is 1.32. The minimum absolute atomic E-state index is 0.0919. The van der Waals surface area contributed by atoms with Crippen LogP contribution < -0.4 is 5.32 Å². The molecule has 5 heteroatoms. The Hall–Kier alpha value is -1.36. The maximum atomic E-state index is 12.2. The van der Waals surface area contributed by atoms with Gasteiger partial charge in [-0.15, -0.1) is 0 Å². The zero-order valence-corrected chi connectivity index (χ0v) is 14.1. The van der Waals surface area contributed by atoms with Crippen molar-refractivity contribution in [3.63, 3.8) is 0 Å². The molecule has 1 aromatic rings. The Morgan fingerprint density at radius 2 is 1.95 bits per heavy atom. The van der Waals surface area contributed by atoms with Crippen molar-refractivity contribution < 1.29 is 9.90 Å². The molecule has 1 heterocycles. The number of aryl methyl sites for hydroxylation is 1. The normalized spacial score (nSPS) is 13.5. The van der Waals surface area contributed by atoms with Crippen LogP contribution in [0.2, 0.25) is 0 Å². The molecule has 21 heavy (non-hydrogen) atoms. The zero-order valence-electron chi connectivity index (χ0n) is 14.1. The Bertz CT molecular complexity index is 470. The van der Waals surface area contributed by atoms with Gasteiger partial charge in [-0.1, -0.05) is 47.5 Å². The van der Waals surface area contributed by atoms with Gasteiger partial charge in [-0.05, 0) is 12.0 Å². The Kier molecular flexibility index (Phi) is 5.96. The van der Waals surface area contributed by atoms with E-state index in [0.29, 0.717) is 5.69 Å². The van der Waals surface area contributed by atoms with Gasteiger partial charge in [-0.3, -0.25) is 9.48 Å². The summed E-state index contributed by atoms with van der Waals surface area (Å²) in [7, 11) is 1.77. The molecule has 0 aliphatic rings. The van der Waals surface area contributed by atoms with Gasteiger partial charge in [0.25, 0.3) is 5.91 Å². The third-order valence-corrected chi connectivity index (χ3v) is 3.95. The molecule has 1 unspecified atom stereocenters. The summed E-state index contributed by atoms with van der Waals surface area (Å²) >= 11 is 0. The average molecular weight is 295 g/mol. The van der Waals surface area contributed by atoms with Gasteiger partial charge in [-0.2, -0.15) is 5.10 Å². The van der Waals surface area contributed by atoms with Gasteiger partial charge in [0, 0.05) is 19.0 Å². The predicted molar refractivity (Wildman–Crippen MR) is 84.3 cm³/mol. The SMILES string of the molecule is CCC(CC)C(O)CNC(=O)c1cc(C(C)(C)C)nn1C. The van der Waals surface area contributed by atoms with Gasteiger partial charge in [0.2, 0.25) is 0 Å². The lowest BCUT2D eigenvalue weighted by molar-refractivity contribution is 0.0809. The van der Waals surface area contributed by atoms with Gasteiger partial charge in [0.05, 0.1) is 11.8 Å². The lowest BCUT2D eigenvalue weighted by Gasteiger charge is -2.20. The first kappa shape index (κ1) is 17.7. The third kappa shape index (κ3) is 4.56. The average Bonchev–Trinajstić information content (AvgIpc) is 2.79. The first-order valence-corrected chi connectivity index (χ1v) is 7.71. The van der Waals surface area contributed by atoms with Crippen molar-refractivity contribution in [3.8, 4) is 0 Å². The van der Waals surface area contributed by atoms with Crippen LogP contribution in [0.1, 0.15) is 63.6 Å². The molecule has 5 nitrogen and oxygen atoms in total. The van der Waals surface area contributed by atoms with Gasteiger partial charge >= 0.3 is 0 Å². The number of hydrogen-bond donors (Lipinski definition) is 2. The highest BCUT2D eigenvalue weighted by molar-refractivity contribution is 5.92. The molecule has 0 fully saturated rings. The van der Waals surface area contributed by atoms with Gasteiger partial charge in [0.1, 0.15) is 5.69 Å². The number of carbonyl (C=O) groups excluding carboxylic acids is 1. The Balaban J connectivity index is 2.71. The first-order valence-electron chi connectivity index (χ1n) is 7.71. The monoisotopic (exact) mass is 295 g/mol. The number of aromatic nitrogens is 2. The Morgan fingerprint density at radius 3 is 2.38 bits per heavy atom. The van der Waals surface area contributed by atoms with Crippen molar-refractivity contribution in [2.45, 2.75) is 59.0 Å². The van der Waals surface area contributed by atoms with E-state index in [4.69, 9.17) is 0 Å². The summed E-state index contributed by atoms with van der Waals surface area (Å²) in [5, 5.41) is 17.3. The number of carbonyl (C=O) groups is 1. The van der Waals surface area contributed by atoms with E-state index in [0.717, 1.165) is 18.5 Å². The molecule has 0 aliphatic heterocycles. The molecule has 0 bridgehead atoms. The Morgan fingerprint density at radius 1 is 1.38 bits per heavy atom. The summed E-state index contributed by atoms with van der Waals surface area (Å²) < 4.78 is 1.60. The zero-order chi connectivity index (χ0) is 16.2. The number of hydrogen-bond acceptors (Lipinski definition) is 3. The highest BCUT2D eigenvalue weighted by Gasteiger charge is 2.22. The topological polar surface area (TPSA) is 67.2 Å². The number of rotatable bonds is 6. The highest BCUT2D eigenvalue weighted by Crippen LogP contribution is 2.21. The van der Waals surface area contributed by atoms with E-state index < -0.39 is 6.10 Å². The molecule has 1 aromatic heterocycles. The summed E-state index contributed by atoms with van der Waals surface area (Å²) in [6.07, 6.45) is 1.32. The van der Waals surface area contributed by atoms with Crippen LogP contribution in [0.3, 0.4) is 0 Å². The largest absolute Gasteiger partial charge is 0.391 e.